The van der Waals surface area contributed by atoms with E-state index >= 15 is 0 Å². The summed E-state index contributed by atoms with van der Waals surface area (Å²) >= 11 is 3.39. The molecule has 1 aromatic heterocycles. The topological polar surface area (TPSA) is 64.4 Å². The Labute approximate surface area is 144 Å². The number of hydrogen-bond donors (Lipinski definition) is 1. The zero-order valence-corrected chi connectivity index (χ0v) is 15.0. The molecule has 1 amide bonds. The lowest BCUT2D eigenvalue weighted by Crippen LogP contribution is -2.14. The average molecular weight is 381 g/mol. The number of hydrogen-bond acceptors (Lipinski definition) is 4. The maximum Gasteiger partial charge on any atom is 0.260 e. The van der Waals surface area contributed by atoms with Gasteiger partial charge in [-0.05, 0) is 31.5 Å². The fourth-order valence-corrected chi connectivity index (χ4v) is 2.49. The zero-order chi connectivity index (χ0) is 16.7. The van der Waals surface area contributed by atoms with Crippen molar-refractivity contribution in [3.05, 3.63) is 40.1 Å². The number of unbranched alkanes of at least 4 members (excludes halogenated alkanes) is 3. The van der Waals surface area contributed by atoms with Gasteiger partial charge in [-0.3, -0.25) is 4.79 Å². The number of rotatable bonds is 8. The number of carbonyl (C=O) groups is 1. The van der Waals surface area contributed by atoms with Gasteiger partial charge in [0.15, 0.2) is 5.82 Å². The lowest BCUT2D eigenvalue weighted by Gasteiger charge is -2.11. The minimum Gasteiger partial charge on any atom is -0.493 e. The third-order valence-electron chi connectivity index (χ3n) is 3.31. The second-order valence-electron chi connectivity index (χ2n) is 5.33. The lowest BCUT2D eigenvalue weighted by molar-refractivity contribution is 0.102. The van der Waals surface area contributed by atoms with Crippen molar-refractivity contribution in [1.29, 1.82) is 0 Å². The number of nitrogens with zero attached hydrogens (tertiary/aromatic N) is 1. The minimum absolute atomic E-state index is 0.275. The van der Waals surface area contributed by atoms with E-state index in [2.05, 4.69) is 33.3 Å². The molecule has 2 aromatic rings. The van der Waals surface area contributed by atoms with Gasteiger partial charge in [0.25, 0.3) is 5.91 Å². The molecule has 0 bridgehead atoms. The molecule has 23 heavy (non-hydrogen) atoms. The predicted octanol–water partition coefficient (Wildman–Crippen LogP) is 4.96. The van der Waals surface area contributed by atoms with Crippen LogP contribution in [0, 0.1) is 6.92 Å². The molecular weight excluding hydrogens is 360 g/mol. The van der Waals surface area contributed by atoms with Crippen molar-refractivity contribution in [2.45, 2.75) is 39.5 Å². The first-order chi connectivity index (χ1) is 11.1. The number of amides is 1. The molecule has 6 heteroatoms. The zero-order valence-electron chi connectivity index (χ0n) is 13.4. The highest BCUT2D eigenvalue weighted by Crippen LogP contribution is 2.24. The SMILES string of the molecule is CCCCCCOc1ccc(Br)cc1C(=O)Nc1cc(C)on1. The molecular formula is C17H21BrN2O3. The highest BCUT2D eigenvalue weighted by Gasteiger charge is 2.15. The Balaban J connectivity index is 2.03. The van der Waals surface area contributed by atoms with Crippen LogP contribution in [0.25, 0.3) is 0 Å². The Morgan fingerprint density at radius 3 is 2.83 bits per heavy atom. The number of ether oxygens (including phenoxy) is 1. The van der Waals surface area contributed by atoms with E-state index in [4.69, 9.17) is 9.26 Å². The molecule has 0 saturated heterocycles. The molecule has 5 nitrogen and oxygen atoms in total. The van der Waals surface area contributed by atoms with Gasteiger partial charge in [0.1, 0.15) is 11.5 Å². The highest BCUT2D eigenvalue weighted by atomic mass is 79.9. The van der Waals surface area contributed by atoms with E-state index in [9.17, 15) is 4.79 Å². The fraction of sp³-hybridized carbons (Fsp3) is 0.412. The fourth-order valence-electron chi connectivity index (χ4n) is 2.13. The van der Waals surface area contributed by atoms with Gasteiger partial charge in [0.05, 0.1) is 12.2 Å². The van der Waals surface area contributed by atoms with E-state index in [1.54, 1.807) is 25.1 Å². The summed E-state index contributed by atoms with van der Waals surface area (Å²) in [5, 5.41) is 6.48. The number of nitrogens with one attached hydrogen (secondary N) is 1. The largest absolute Gasteiger partial charge is 0.493 e. The lowest BCUT2D eigenvalue weighted by atomic mass is 10.2. The smallest absolute Gasteiger partial charge is 0.260 e. The van der Waals surface area contributed by atoms with Crippen LogP contribution in [0.1, 0.15) is 48.7 Å². The molecule has 0 spiro atoms. The number of aryl methyl sites for hydroxylation is 1. The van der Waals surface area contributed by atoms with Gasteiger partial charge >= 0.3 is 0 Å². The standard InChI is InChI=1S/C17H21BrN2O3/c1-3-4-5-6-9-22-15-8-7-13(18)11-14(15)17(21)19-16-10-12(2)23-20-16/h7-8,10-11H,3-6,9H2,1-2H3,(H,19,20,21). The van der Waals surface area contributed by atoms with E-state index in [0.29, 0.717) is 29.5 Å². The normalized spacial score (nSPS) is 10.6. The van der Waals surface area contributed by atoms with Gasteiger partial charge < -0.3 is 14.6 Å². The number of halogens is 1. The quantitative estimate of drug-likeness (QED) is 0.657. The van der Waals surface area contributed by atoms with Crippen LogP contribution in [0.5, 0.6) is 5.75 Å². The minimum atomic E-state index is -0.275. The number of benzene rings is 1. The van der Waals surface area contributed by atoms with Crippen LogP contribution in [0.2, 0.25) is 0 Å². The molecule has 1 N–H and O–H groups in total. The van der Waals surface area contributed by atoms with Crippen LogP contribution in [-0.4, -0.2) is 17.7 Å². The highest BCUT2D eigenvalue weighted by molar-refractivity contribution is 9.10. The van der Waals surface area contributed by atoms with Crippen LogP contribution in [0.4, 0.5) is 5.82 Å². The molecule has 0 fully saturated rings. The Morgan fingerprint density at radius 2 is 2.13 bits per heavy atom. The molecule has 0 aliphatic rings. The molecule has 0 aliphatic carbocycles. The molecule has 1 heterocycles. The second kappa shape index (κ2) is 8.72. The van der Waals surface area contributed by atoms with Crippen molar-refractivity contribution in [2.24, 2.45) is 0 Å². The molecule has 0 radical (unpaired) electrons. The Kier molecular flexibility index (Phi) is 6.65. The summed E-state index contributed by atoms with van der Waals surface area (Å²) in [5.41, 5.74) is 0.468. The Hall–Kier alpha value is -1.82. The Bertz CT molecular complexity index is 655. The van der Waals surface area contributed by atoms with Gasteiger partial charge in [-0.2, -0.15) is 0 Å². The Morgan fingerprint density at radius 1 is 1.30 bits per heavy atom. The summed E-state index contributed by atoms with van der Waals surface area (Å²) in [6.45, 7) is 4.54. The monoisotopic (exact) mass is 380 g/mol. The summed E-state index contributed by atoms with van der Waals surface area (Å²) in [4.78, 5) is 12.4. The van der Waals surface area contributed by atoms with Crippen LogP contribution in [-0.2, 0) is 0 Å². The van der Waals surface area contributed by atoms with Gasteiger partial charge in [0.2, 0.25) is 0 Å². The molecule has 1 aromatic carbocycles. The van der Waals surface area contributed by atoms with E-state index < -0.39 is 0 Å². The van der Waals surface area contributed by atoms with E-state index in [-0.39, 0.29) is 5.91 Å². The first-order valence-corrected chi connectivity index (χ1v) is 8.56. The predicted molar refractivity (Wildman–Crippen MR) is 93.0 cm³/mol. The summed E-state index contributed by atoms with van der Waals surface area (Å²) < 4.78 is 11.5. The van der Waals surface area contributed by atoms with E-state index in [1.807, 2.05) is 6.07 Å². The number of anilines is 1. The van der Waals surface area contributed by atoms with Crippen molar-refractivity contribution < 1.29 is 14.1 Å². The third-order valence-corrected chi connectivity index (χ3v) is 3.80. The van der Waals surface area contributed by atoms with Gasteiger partial charge in [-0.25, -0.2) is 0 Å². The maximum atomic E-state index is 12.4. The molecule has 0 aliphatic heterocycles. The van der Waals surface area contributed by atoms with Crippen molar-refractivity contribution >= 4 is 27.7 Å². The van der Waals surface area contributed by atoms with E-state index in [1.165, 1.54) is 12.8 Å². The van der Waals surface area contributed by atoms with Crippen LogP contribution >= 0.6 is 15.9 Å². The summed E-state index contributed by atoms with van der Waals surface area (Å²) in [6, 6.07) is 7.07. The van der Waals surface area contributed by atoms with Gasteiger partial charge in [0, 0.05) is 10.5 Å². The second-order valence-corrected chi connectivity index (χ2v) is 6.24. The van der Waals surface area contributed by atoms with Gasteiger partial charge in [-0.1, -0.05) is 47.3 Å². The van der Waals surface area contributed by atoms with Crippen LogP contribution < -0.4 is 10.1 Å². The summed E-state index contributed by atoms with van der Waals surface area (Å²) in [5.74, 6) is 1.33. The molecule has 0 saturated carbocycles. The van der Waals surface area contributed by atoms with Crippen molar-refractivity contribution in [2.75, 3.05) is 11.9 Å². The molecule has 0 unspecified atom stereocenters. The number of aromatic nitrogens is 1. The average Bonchev–Trinajstić information content (AvgIpc) is 2.93. The van der Waals surface area contributed by atoms with Crippen molar-refractivity contribution in [3.63, 3.8) is 0 Å². The van der Waals surface area contributed by atoms with Crippen molar-refractivity contribution in [3.8, 4) is 5.75 Å². The first-order valence-electron chi connectivity index (χ1n) is 7.77. The summed E-state index contributed by atoms with van der Waals surface area (Å²) in [6.07, 6.45) is 4.49. The molecule has 0 atom stereocenters. The van der Waals surface area contributed by atoms with Crippen molar-refractivity contribution in [1.82, 2.24) is 5.16 Å². The van der Waals surface area contributed by atoms with Crippen LogP contribution in [0.3, 0.4) is 0 Å². The number of carbonyl (C=O) groups excluding carboxylic acids is 1. The van der Waals surface area contributed by atoms with Gasteiger partial charge in [-0.15, -0.1) is 0 Å². The third kappa shape index (κ3) is 5.39. The van der Waals surface area contributed by atoms with E-state index in [0.717, 1.165) is 17.3 Å². The maximum absolute atomic E-state index is 12.4. The summed E-state index contributed by atoms with van der Waals surface area (Å²) in [7, 11) is 0. The first kappa shape index (κ1) is 17.5. The molecule has 2 rings (SSSR count). The molecule has 124 valence electrons. The van der Waals surface area contributed by atoms with Crippen LogP contribution in [0.15, 0.2) is 33.3 Å².